The summed E-state index contributed by atoms with van der Waals surface area (Å²) in [6.45, 7) is 5.81. The number of carbonyl (C=O) groups is 2. The van der Waals surface area contributed by atoms with Crippen molar-refractivity contribution in [1.82, 2.24) is 10.2 Å². The fourth-order valence-corrected chi connectivity index (χ4v) is 1.40. The standard InChI is InChI=1S/C11H23N3O2.ClH/c1-7(10(15)13-4)6-14(5)11(16)8(2)9(3)12;/h7-9H,6,12H2,1-5H3,(H,13,15);1H. The van der Waals surface area contributed by atoms with Gasteiger partial charge in [0.05, 0.1) is 11.8 Å². The van der Waals surface area contributed by atoms with Crippen molar-refractivity contribution >= 4 is 24.2 Å². The van der Waals surface area contributed by atoms with Gasteiger partial charge in [0.15, 0.2) is 0 Å². The fourth-order valence-electron chi connectivity index (χ4n) is 1.40. The predicted octanol–water partition coefficient (Wildman–Crippen LogP) is 0.232. The van der Waals surface area contributed by atoms with Crippen LogP contribution in [-0.2, 0) is 9.59 Å². The normalized spacial score (nSPS) is 15.2. The van der Waals surface area contributed by atoms with Crippen LogP contribution in [0.1, 0.15) is 20.8 Å². The lowest BCUT2D eigenvalue weighted by atomic mass is 10.0. The molecule has 0 radical (unpaired) electrons. The van der Waals surface area contributed by atoms with E-state index in [2.05, 4.69) is 5.32 Å². The minimum Gasteiger partial charge on any atom is -0.359 e. The molecule has 6 heteroatoms. The first-order valence-corrected chi connectivity index (χ1v) is 5.53. The van der Waals surface area contributed by atoms with Gasteiger partial charge in [-0.2, -0.15) is 0 Å². The number of nitrogens with zero attached hydrogens (tertiary/aromatic N) is 1. The lowest BCUT2D eigenvalue weighted by molar-refractivity contribution is -0.135. The van der Waals surface area contributed by atoms with E-state index in [0.717, 1.165) is 0 Å². The van der Waals surface area contributed by atoms with Crippen molar-refractivity contribution in [2.45, 2.75) is 26.8 Å². The first kappa shape index (κ1) is 18.6. The smallest absolute Gasteiger partial charge is 0.226 e. The molecule has 3 unspecified atom stereocenters. The molecule has 0 bridgehead atoms. The summed E-state index contributed by atoms with van der Waals surface area (Å²) in [6.07, 6.45) is 0. The van der Waals surface area contributed by atoms with Crippen LogP contribution in [0.15, 0.2) is 0 Å². The van der Waals surface area contributed by atoms with Crippen LogP contribution in [0.4, 0.5) is 0 Å². The van der Waals surface area contributed by atoms with Gasteiger partial charge in [0.25, 0.3) is 0 Å². The molecule has 0 aliphatic heterocycles. The van der Waals surface area contributed by atoms with E-state index >= 15 is 0 Å². The summed E-state index contributed by atoms with van der Waals surface area (Å²) in [7, 11) is 3.28. The number of hydrogen-bond acceptors (Lipinski definition) is 3. The maximum atomic E-state index is 11.8. The van der Waals surface area contributed by atoms with Crippen LogP contribution in [-0.4, -0.2) is 43.4 Å². The van der Waals surface area contributed by atoms with E-state index in [1.807, 2.05) is 0 Å². The summed E-state index contributed by atoms with van der Waals surface area (Å²) in [5.74, 6) is -0.514. The molecule has 0 spiro atoms. The highest BCUT2D eigenvalue weighted by atomic mass is 35.5. The van der Waals surface area contributed by atoms with Gasteiger partial charge in [-0.3, -0.25) is 9.59 Å². The molecular formula is C11H24ClN3O2. The molecule has 17 heavy (non-hydrogen) atoms. The van der Waals surface area contributed by atoms with E-state index < -0.39 is 0 Å². The molecule has 102 valence electrons. The zero-order chi connectivity index (χ0) is 12.9. The Hall–Kier alpha value is -0.810. The molecule has 0 heterocycles. The molecule has 0 aliphatic rings. The third-order valence-corrected chi connectivity index (χ3v) is 2.80. The van der Waals surface area contributed by atoms with Crippen molar-refractivity contribution in [3.63, 3.8) is 0 Å². The summed E-state index contributed by atoms with van der Waals surface area (Å²) in [4.78, 5) is 24.7. The minimum absolute atomic E-state index is 0. The van der Waals surface area contributed by atoms with E-state index in [-0.39, 0.29) is 42.1 Å². The minimum atomic E-state index is -0.220. The summed E-state index contributed by atoms with van der Waals surface area (Å²) >= 11 is 0. The molecule has 3 atom stereocenters. The van der Waals surface area contributed by atoms with Crippen LogP contribution >= 0.6 is 12.4 Å². The van der Waals surface area contributed by atoms with E-state index in [0.29, 0.717) is 6.54 Å². The largest absolute Gasteiger partial charge is 0.359 e. The molecule has 5 nitrogen and oxygen atoms in total. The van der Waals surface area contributed by atoms with Gasteiger partial charge in [0.1, 0.15) is 0 Å². The van der Waals surface area contributed by atoms with Gasteiger partial charge in [0, 0.05) is 26.7 Å². The summed E-state index contributed by atoms with van der Waals surface area (Å²) in [5, 5.41) is 2.56. The highest BCUT2D eigenvalue weighted by molar-refractivity contribution is 5.85. The SMILES string of the molecule is CNC(=O)C(C)CN(C)C(=O)C(C)C(C)N.Cl. The molecule has 0 rings (SSSR count). The Morgan fingerprint density at radius 1 is 1.29 bits per heavy atom. The third kappa shape index (κ3) is 5.89. The fraction of sp³-hybridized carbons (Fsp3) is 0.818. The van der Waals surface area contributed by atoms with Gasteiger partial charge in [-0.25, -0.2) is 0 Å². The molecule has 0 aromatic rings. The van der Waals surface area contributed by atoms with Crippen LogP contribution in [0.25, 0.3) is 0 Å². The molecule has 0 aromatic heterocycles. The molecule has 3 N–H and O–H groups in total. The van der Waals surface area contributed by atoms with Gasteiger partial charge < -0.3 is 16.0 Å². The number of nitrogens with two attached hydrogens (primary N) is 1. The van der Waals surface area contributed by atoms with E-state index in [1.54, 1.807) is 39.8 Å². The van der Waals surface area contributed by atoms with Crippen molar-refractivity contribution in [2.75, 3.05) is 20.6 Å². The second-order valence-electron chi connectivity index (χ2n) is 4.38. The molecule has 0 saturated carbocycles. The van der Waals surface area contributed by atoms with Crippen molar-refractivity contribution in [1.29, 1.82) is 0 Å². The molecule has 0 aromatic carbocycles. The van der Waals surface area contributed by atoms with Gasteiger partial charge in [-0.1, -0.05) is 13.8 Å². The average molecular weight is 266 g/mol. The second kappa shape index (κ2) is 8.31. The van der Waals surface area contributed by atoms with Crippen molar-refractivity contribution in [2.24, 2.45) is 17.6 Å². The number of hydrogen-bond donors (Lipinski definition) is 2. The number of rotatable bonds is 5. The zero-order valence-electron chi connectivity index (χ0n) is 11.2. The second-order valence-corrected chi connectivity index (χ2v) is 4.38. The monoisotopic (exact) mass is 265 g/mol. The quantitative estimate of drug-likeness (QED) is 0.747. The Kier molecular flexibility index (Phi) is 9.06. The lowest BCUT2D eigenvalue weighted by Gasteiger charge is -2.25. The number of halogens is 1. The number of nitrogens with one attached hydrogen (secondary N) is 1. The number of carbonyl (C=O) groups excluding carboxylic acids is 2. The van der Waals surface area contributed by atoms with Crippen LogP contribution in [0, 0.1) is 11.8 Å². The lowest BCUT2D eigenvalue weighted by Crippen LogP contribution is -2.43. The molecule has 2 amide bonds. The molecule has 0 aliphatic carbocycles. The topological polar surface area (TPSA) is 75.4 Å². The maximum Gasteiger partial charge on any atom is 0.226 e. The highest BCUT2D eigenvalue weighted by Gasteiger charge is 2.23. The van der Waals surface area contributed by atoms with Crippen LogP contribution in [0.3, 0.4) is 0 Å². The summed E-state index contributed by atoms with van der Waals surface area (Å²) in [6, 6.07) is -0.176. The Balaban J connectivity index is 0. The molecular weight excluding hydrogens is 242 g/mol. The first-order valence-electron chi connectivity index (χ1n) is 5.53. The summed E-state index contributed by atoms with van der Waals surface area (Å²) in [5.41, 5.74) is 5.66. The Labute approximate surface area is 110 Å². The van der Waals surface area contributed by atoms with Gasteiger partial charge in [0.2, 0.25) is 11.8 Å². The van der Waals surface area contributed by atoms with Crippen LogP contribution in [0.5, 0.6) is 0 Å². The van der Waals surface area contributed by atoms with Crippen LogP contribution < -0.4 is 11.1 Å². The zero-order valence-corrected chi connectivity index (χ0v) is 12.0. The molecule has 0 saturated heterocycles. The molecule has 0 fully saturated rings. The number of amides is 2. The van der Waals surface area contributed by atoms with Gasteiger partial charge in [-0.15, -0.1) is 12.4 Å². The van der Waals surface area contributed by atoms with Gasteiger partial charge >= 0.3 is 0 Å². The Morgan fingerprint density at radius 2 is 1.76 bits per heavy atom. The highest BCUT2D eigenvalue weighted by Crippen LogP contribution is 2.07. The van der Waals surface area contributed by atoms with Crippen LogP contribution in [0.2, 0.25) is 0 Å². The van der Waals surface area contributed by atoms with E-state index in [9.17, 15) is 9.59 Å². The first-order chi connectivity index (χ1) is 7.31. The van der Waals surface area contributed by atoms with E-state index in [4.69, 9.17) is 5.73 Å². The van der Waals surface area contributed by atoms with E-state index in [1.165, 1.54) is 0 Å². The van der Waals surface area contributed by atoms with Gasteiger partial charge in [-0.05, 0) is 6.92 Å². The van der Waals surface area contributed by atoms with Crippen molar-refractivity contribution < 1.29 is 9.59 Å². The van der Waals surface area contributed by atoms with Crippen molar-refractivity contribution in [3.05, 3.63) is 0 Å². The third-order valence-electron chi connectivity index (χ3n) is 2.80. The maximum absolute atomic E-state index is 11.8. The van der Waals surface area contributed by atoms with Crippen molar-refractivity contribution in [3.8, 4) is 0 Å². The average Bonchev–Trinajstić information content (AvgIpc) is 2.25. The Morgan fingerprint density at radius 3 is 2.12 bits per heavy atom. The Bertz CT molecular complexity index is 259. The summed E-state index contributed by atoms with van der Waals surface area (Å²) < 4.78 is 0. The predicted molar refractivity (Wildman–Crippen MR) is 70.9 cm³/mol.